The molecular formula is C20H20F2N6O3S. The Morgan fingerprint density at radius 2 is 1.75 bits per heavy atom. The van der Waals surface area contributed by atoms with E-state index in [1.165, 1.54) is 22.9 Å². The molecule has 1 aliphatic heterocycles. The normalized spacial score (nSPS) is 15.2. The molecule has 2 aromatic carbocycles. The molecule has 9 nitrogen and oxygen atoms in total. The van der Waals surface area contributed by atoms with Gasteiger partial charge >= 0.3 is 0 Å². The number of piperazine rings is 1. The van der Waals surface area contributed by atoms with Crippen LogP contribution in [0.4, 0.5) is 8.78 Å². The lowest BCUT2D eigenvalue weighted by molar-refractivity contribution is 0.0620. The highest BCUT2D eigenvalue weighted by molar-refractivity contribution is 7.90. The number of sulfone groups is 1. The van der Waals surface area contributed by atoms with Crippen molar-refractivity contribution in [3.05, 3.63) is 65.5 Å². The summed E-state index contributed by atoms with van der Waals surface area (Å²) >= 11 is 0. The third kappa shape index (κ3) is 4.50. The molecule has 0 bridgehead atoms. The van der Waals surface area contributed by atoms with Crippen molar-refractivity contribution >= 4 is 15.7 Å². The number of benzene rings is 2. The van der Waals surface area contributed by atoms with E-state index in [0.717, 1.165) is 18.4 Å². The maximum absolute atomic E-state index is 13.6. The molecular weight excluding hydrogens is 442 g/mol. The molecule has 0 saturated carbocycles. The van der Waals surface area contributed by atoms with Crippen molar-refractivity contribution in [1.82, 2.24) is 30.0 Å². The van der Waals surface area contributed by atoms with Gasteiger partial charge in [0.05, 0.1) is 22.7 Å². The first-order chi connectivity index (χ1) is 15.2. The van der Waals surface area contributed by atoms with Crippen molar-refractivity contribution in [2.24, 2.45) is 0 Å². The van der Waals surface area contributed by atoms with E-state index in [0.29, 0.717) is 44.2 Å². The van der Waals surface area contributed by atoms with Gasteiger partial charge in [0.25, 0.3) is 5.91 Å². The Labute approximate surface area is 183 Å². The quantitative estimate of drug-likeness (QED) is 0.563. The number of hydrogen-bond acceptors (Lipinski definition) is 7. The van der Waals surface area contributed by atoms with E-state index >= 15 is 0 Å². The number of rotatable bonds is 5. The summed E-state index contributed by atoms with van der Waals surface area (Å²) < 4.78 is 52.2. The average Bonchev–Trinajstić information content (AvgIpc) is 3.23. The lowest BCUT2D eigenvalue weighted by Crippen LogP contribution is -2.48. The maximum Gasteiger partial charge on any atom is 0.255 e. The Bertz CT molecular complexity index is 1260. The Balaban J connectivity index is 1.43. The topological polar surface area (TPSA) is 101 Å². The second-order valence-corrected chi connectivity index (χ2v) is 9.43. The Hall–Kier alpha value is -3.25. The van der Waals surface area contributed by atoms with Crippen molar-refractivity contribution < 1.29 is 22.0 Å². The minimum atomic E-state index is -3.53. The second kappa shape index (κ2) is 8.71. The number of aromatic nitrogens is 4. The molecule has 1 amide bonds. The van der Waals surface area contributed by atoms with Gasteiger partial charge in [-0.15, -0.1) is 5.10 Å². The van der Waals surface area contributed by atoms with Crippen LogP contribution in [-0.4, -0.2) is 76.8 Å². The van der Waals surface area contributed by atoms with Gasteiger partial charge in [-0.05, 0) is 34.7 Å². The number of carbonyl (C=O) groups is 1. The smallest absolute Gasteiger partial charge is 0.255 e. The van der Waals surface area contributed by atoms with Crippen LogP contribution in [0.2, 0.25) is 0 Å². The highest BCUT2D eigenvalue weighted by atomic mass is 32.2. The molecule has 1 fully saturated rings. The molecule has 0 spiro atoms. The third-order valence-electron chi connectivity index (χ3n) is 5.22. The molecule has 32 heavy (non-hydrogen) atoms. The minimum absolute atomic E-state index is 0.0122. The zero-order chi connectivity index (χ0) is 22.9. The van der Waals surface area contributed by atoms with Gasteiger partial charge in [-0.2, -0.15) is 4.68 Å². The predicted molar refractivity (Wildman–Crippen MR) is 110 cm³/mol. The summed E-state index contributed by atoms with van der Waals surface area (Å²) in [6, 6.07) is 9.57. The molecule has 168 valence electrons. The van der Waals surface area contributed by atoms with Crippen LogP contribution in [0.5, 0.6) is 0 Å². The summed E-state index contributed by atoms with van der Waals surface area (Å²) in [5.74, 6) is -1.84. The molecule has 0 aliphatic carbocycles. The van der Waals surface area contributed by atoms with Gasteiger partial charge in [-0.25, -0.2) is 17.2 Å². The summed E-state index contributed by atoms with van der Waals surface area (Å²) in [5.41, 5.74) is 0.459. The standard InChI is InChI=1S/C20H20F2N6O3S/c1-32(30,31)18-5-3-2-4-15(18)20(29)27-10-8-26(9-11-27)13-19-23-24-25-28(19)14-6-7-16(21)17(22)12-14/h2-7,12H,8-11,13H2,1H3. The van der Waals surface area contributed by atoms with Crippen molar-refractivity contribution in [2.45, 2.75) is 11.4 Å². The van der Waals surface area contributed by atoms with Crippen LogP contribution in [0.15, 0.2) is 47.4 Å². The van der Waals surface area contributed by atoms with Crippen molar-refractivity contribution in [3.8, 4) is 5.69 Å². The SMILES string of the molecule is CS(=O)(=O)c1ccccc1C(=O)N1CCN(Cc2nnnn2-c2ccc(F)c(F)c2)CC1. The highest BCUT2D eigenvalue weighted by Gasteiger charge is 2.27. The number of amides is 1. The molecule has 1 saturated heterocycles. The van der Waals surface area contributed by atoms with Crippen LogP contribution >= 0.6 is 0 Å². The fraction of sp³-hybridized carbons (Fsp3) is 0.300. The molecule has 0 atom stereocenters. The maximum atomic E-state index is 13.6. The van der Waals surface area contributed by atoms with Gasteiger partial charge in [-0.1, -0.05) is 12.1 Å². The number of carbonyl (C=O) groups excluding carboxylic acids is 1. The van der Waals surface area contributed by atoms with Crippen LogP contribution in [0.3, 0.4) is 0 Å². The minimum Gasteiger partial charge on any atom is -0.336 e. The van der Waals surface area contributed by atoms with E-state index in [9.17, 15) is 22.0 Å². The third-order valence-corrected chi connectivity index (χ3v) is 6.38. The molecule has 2 heterocycles. The number of nitrogens with zero attached hydrogens (tertiary/aromatic N) is 6. The molecule has 1 aliphatic rings. The van der Waals surface area contributed by atoms with Crippen molar-refractivity contribution in [1.29, 1.82) is 0 Å². The van der Waals surface area contributed by atoms with E-state index in [1.54, 1.807) is 17.0 Å². The average molecular weight is 462 g/mol. The molecule has 0 unspecified atom stereocenters. The van der Waals surface area contributed by atoms with Crippen LogP contribution < -0.4 is 0 Å². The summed E-state index contributed by atoms with van der Waals surface area (Å²) in [7, 11) is -3.53. The first kappa shape index (κ1) is 22.0. The van der Waals surface area contributed by atoms with E-state index in [1.807, 2.05) is 4.90 Å². The van der Waals surface area contributed by atoms with Crippen LogP contribution in [0, 0.1) is 11.6 Å². The fourth-order valence-corrected chi connectivity index (χ4v) is 4.45. The zero-order valence-corrected chi connectivity index (χ0v) is 18.0. The van der Waals surface area contributed by atoms with Crippen molar-refractivity contribution in [2.75, 3.05) is 32.4 Å². The molecule has 3 aromatic rings. The number of halogens is 2. The first-order valence-electron chi connectivity index (χ1n) is 9.77. The van der Waals surface area contributed by atoms with E-state index in [4.69, 9.17) is 0 Å². The largest absolute Gasteiger partial charge is 0.336 e. The van der Waals surface area contributed by atoms with Gasteiger partial charge < -0.3 is 4.90 Å². The van der Waals surface area contributed by atoms with Crippen LogP contribution in [0.25, 0.3) is 5.69 Å². The highest BCUT2D eigenvalue weighted by Crippen LogP contribution is 2.19. The van der Waals surface area contributed by atoms with Crippen LogP contribution in [0.1, 0.15) is 16.2 Å². The van der Waals surface area contributed by atoms with Crippen LogP contribution in [-0.2, 0) is 16.4 Å². The first-order valence-corrected chi connectivity index (χ1v) is 11.7. The lowest BCUT2D eigenvalue weighted by atomic mass is 10.2. The summed E-state index contributed by atoms with van der Waals surface area (Å²) in [6.07, 6.45) is 1.08. The lowest BCUT2D eigenvalue weighted by Gasteiger charge is -2.34. The Kier molecular flexibility index (Phi) is 5.98. The summed E-state index contributed by atoms with van der Waals surface area (Å²) in [4.78, 5) is 16.6. The van der Waals surface area contributed by atoms with E-state index in [2.05, 4.69) is 15.5 Å². The zero-order valence-electron chi connectivity index (χ0n) is 17.1. The fourth-order valence-electron chi connectivity index (χ4n) is 3.57. The van der Waals surface area contributed by atoms with E-state index < -0.39 is 21.5 Å². The van der Waals surface area contributed by atoms with Gasteiger partial charge in [0.1, 0.15) is 0 Å². The summed E-state index contributed by atoms with van der Waals surface area (Å²) in [5, 5.41) is 11.5. The Morgan fingerprint density at radius 1 is 1.03 bits per heavy atom. The molecule has 1 aromatic heterocycles. The molecule has 0 radical (unpaired) electrons. The van der Waals surface area contributed by atoms with Gasteiger partial charge in [0.2, 0.25) is 0 Å². The van der Waals surface area contributed by atoms with Gasteiger partial charge in [-0.3, -0.25) is 9.69 Å². The number of tetrazole rings is 1. The van der Waals surface area contributed by atoms with Crippen molar-refractivity contribution in [3.63, 3.8) is 0 Å². The molecule has 0 N–H and O–H groups in total. The predicted octanol–water partition coefficient (Wildman–Crippen LogP) is 1.30. The van der Waals surface area contributed by atoms with E-state index in [-0.39, 0.29) is 16.4 Å². The van der Waals surface area contributed by atoms with Gasteiger partial charge in [0.15, 0.2) is 27.3 Å². The second-order valence-electron chi connectivity index (χ2n) is 7.44. The van der Waals surface area contributed by atoms with Gasteiger partial charge in [0, 0.05) is 38.5 Å². The molecule has 12 heteroatoms. The monoisotopic (exact) mass is 462 g/mol. The Morgan fingerprint density at radius 3 is 2.44 bits per heavy atom. The summed E-state index contributed by atoms with van der Waals surface area (Å²) in [6.45, 7) is 2.15. The molecule has 4 rings (SSSR count). The number of hydrogen-bond donors (Lipinski definition) is 0.